The highest BCUT2D eigenvalue weighted by Gasteiger charge is 2.16. The SMILES string of the molecule is NC/C(C=NCCN1CCN(CCn2cc(CN)nn2)CC1)=N/N. The molecule has 2 rings (SSSR count). The van der Waals surface area contributed by atoms with E-state index in [1.807, 2.05) is 10.9 Å². The van der Waals surface area contributed by atoms with Crippen molar-refractivity contribution in [3.63, 3.8) is 0 Å². The smallest absolute Gasteiger partial charge is 0.0962 e. The lowest BCUT2D eigenvalue weighted by Gasteiger charge is -2.34. The Hall–Kier alpha value is -1.88. The Morgan fingerprint density at radius 1 is 1.12 bits per heavy atom. The molecule has 2 heterocycles. The Morgan fingerprint density at radius 3 is 2.42 bits per heavy atom. The summed E-state index contributed by atoms with van der Waals surface area (Å²) < 4.78 is 1.86. The van der Waals surface area contributed by atoms with E-state index in [-0.39, 0.29) is 0 Å². The molecule has 0 atom stereocenters. The first kappa shape index (κ1) is 18.5. The lowest BCUT2D eigenvalue weighted by Crippen LogP contribution is -2.47. The molecule has 0 radical (unpaired) electrons. The quantitative estimate of drug-likeness (QED) is 0.262. The number of piperazine rings is 1. The molecule has 10 heteroatoms. The minimum absolute atomic E-state index is 0.317. The highest BCUT2D eigenvalue weighted by Crippen LogP contribution is 2.02. The van der Waals surface area contributed by atoms with Crippen molar-refractivity contribution in [2.45, 2.75) is 13.1 Å². The fourth-order valence-corrected chi connectivity index (χ4v) is 2.53. The lowest BCUT2D eigenvalue weighted by molar-refractivity contribution is 0.131. The van der Waals surface area contributed by atoms with Crippen molar-refractivity contribution in [3.8, 4) is 0 Å². The van der Waals surface area contributed by atoms with E-state index in [1.165, 1.54) is 0 Å². The molecule has 1 aromatic heterocycles. The highest BCUT2D eigenvalue weighted by atomic mass is 15.4. The maximum Gasteiger partial charge on any atom is 0.0962 e. The second-order valence-electron chi connectivity index (χ2n) is 5.72. The van der Waals surface area contributed by atoms with Gasteiger partial charge in [0.1, 0.15) is 0 Å². The summed E-state index contributed by atoms with van der Waals surface area (Å²) in [7, 11) is 0. The maximum atomic E-state index is 5.54. The summed E-state index contributed by atoms with van der Waals surface area (Å²) in [4.78, 5) is 9.17. The molecule has 0 amide bonds. The number of nitrogens with zero attached hydrogens (tertiary/aromatic N) is 7. The summed E-state index contributed by atoms with van der Waals surface area (Å²) >= 11 is 0. The molecule has 134 valence electrons. The molecule has 6 N–H and O–H groups in total. The van der Waals surface area contributed by atoms with Gasteiger partial charge in [0.25, 0.3) is 0 Å². The number of aromatic nitrogens is 3. The first-order valence-corrected chi connectivity index (χ1v) is 8.25. The van der Waals surface area contributed by atoms with Crippen LogP contribution in [0.5, 0.6) is 0 Å². The third-order valence-electron chi connectivity index (χ3n) is 4.07. The molecule has 0 bridgehead atoms. The van der Waals surface area contributed by atoms with Crippen molar-refractivity contribution in [1.82, 2.24) is 24.8 Å². The van der Waals surface area contributed by atoms with Crippen LogP contribution in [0.1, 0.15) is 5.69 Å². The second-order valence-corrected chi connectivity index (χ2v) is 5.72. The van der Waals surface area contributed by atoms with E-state index in [0.717, 1.165) is 58.1 Å². The van der Waals surface area contributed by atoms with Crippen LogP contribution in [-0.2, 0) is 13.1 Å². The van der Waals surface area contributed by atoms with Crippen LogP contribution < -0.4 is 17.3 Å². The van der Waals surface area contributed by atoms with Crippen LogP contribution in [-0.4, -0.2) is 89.1 Å². The van der Waals surface area contributed by atoms with Gasteiger partial charge < -0.3 is 17.3 Å². The molecule has 0 aromatic carbocycles. The average Bonchev–Trinajstić information content (AvgIpc) is 3.09. The van der Waals surface area contributed by atoms with Crippen LogP contribution >= 0.6 is 0 Å². The first-order valence-electron chi connectivity index (χ1n) is 8.25. The zero-order chi connectivity index (χ0) is 17.2. The zero-order valence-electron chi connectivity index (χ0n) is 14.1. The number of hydrogen-bond donors (Lipinski definition) is 3. The van der Waals surface area contributed by atoms with Gasteiger partial charge in [0.05, 0.1) is 24.5 Å². The second kappa shape index (κ2) is 10.1. The third-order valence-corrected chi connectivity index (χ3v) is 4.07. The van der Waals surface area contributed by atoms with E-state index in [0.29, 0.717) is 18.8 Å². The Morgan fingerprint density at radius 2 is 1.83 bits per heavy atom. The standard InChI is InChI=1S/C14H28N10/c15-9-13(19-17)11-18-1-2-22-3-5-23(6-4-22)7-8-24-12-14(10-16)20-21-24/h11-12H,1-10,15-17H2/b18-11?,19-13-. The van der Waals surface area contributed by atoms with Crippen LogP contribution in [0, 0.1) is 0 Å². The minimum atomic E-state index is 0.317. The summed E-state index contributed by atoms with van der Waals surface area (Å²) in [5, 5.41) is 11.6. The molecule has 0 saturated carbocycles. The Labute approximate surface area is 142 Å². The van der Waals surface area contributed by atoms with E-state index in [4.69, 9.17) is 17.3 Å². The fraction of sp³-hybridized carbons (Fsp3) is 0.714. The van der Waals surface area contributed by atoms with Gasteiger partial charge in [0.2, 0.25) is 0 Å². The van der Waals surface area contributed by atoms with E-state index >= 15 is 0 Å². The van der Waals surface area contributed by atoms with Crippen LogP contribution in [0.25, 0.3) is 0 Å². The molecular formula is C14H28N10. The molecule has 10 nitrogen and oxygen atoms in total. The molecule has 0 spiro atoms. The first-order chi connectivity index (χ1) is 11.7. The summed E-state index contributed by atoms with van der Waals surface area (Å²) in [6, 6.07) is 0. The molecule has 1 aliphatic rings. The third kappa shape index (κ3) is 5.96. The molecule has 1 fully saturated rings. The summed E-state index contributed by atoms with van der Waals surface area (Å²) in [6.07, 6.45) is 3.57. The topological polar surface area (TPSA) is 140 Å². The molecule has 0 unspecified atom stereocenters. The summed E-state index contributed by atoms with van der Waals surface area (Å²) in [5.74, 6) is 5.19. The minimum Gasteiger partial charge on any atom is -0.325 e. The van der Waals surface area contributed by atoms with Crippen molar-refractivity contribution in [1.29, 1.82) is 0 Å². The normalized spacial score (nSPS) is 17.8. The maximum absolute atomic E-state index is 5.54. The van der Waals surface area contributed by atoms with Gasteiger partial charge in [-0.25, -0.2) is 0 Å². The van der Waals surface area contributed by atoms with E-state index < -0.39 is 0 Å². The van der Waals surface area contributed by atoms with Crippen molar-refractivity contribution in [3.05, 3.63) is 11.9 Å². The van der Waals surface area contributed by atoms with Crippen molar-refractivity contribution in [2.24, 2.45) is 27.4 Å². The summed E-state index contributed by atoms with van der Waals surface area (Å²) in [6.45, 7) is 8.47. The van der Waals surface area contributed by atoms with E-state index in [1.54, 1.807) is 6.21 Å². The molecule has 24 heavy (non-hydrogen) atoms. The van der Waals surface area contributed by atoms with Gasteiger partial charge in [-0.15, -0.1) is 5.10 Å². The van der Waals surface area contributed by atoms with Crippen molar-refractivity contribution in [2.75, 3.05) is 52.4 Å². The number of nitrogens with two attached hydrogens (primary N) is 3. The van der Waals surface area contributed by atoms with Crippen LogP contribution in [0.15, 0.2) is 16.3 Å². The largest absolute Gasteiger partial charge is 0.325 e. The molecule has 1 aliphatic heterocycles. The highest BCUT2D eigenvalue weighted by molar-refractivity contribution is 6.31. The van der Waals surface area contributed by atoms with Gasteiger partial charge in [-0.3, -0.25) is 19.5 Å². The molecule has 1 aromatic rings. The van der Waals surface area contributed by atoms with Gasteiger partial charge in [0.15, 0.2) is 0 Å². The van der Waals surface area contributed by atoms with Crippen molar-refractivity contribution >= 4 is 11.9 Å². The van der Waals surface area contributed by atoms with Gasteiger partial charge in [0, 0.05) is 64.8 Å². The number of hydrazone groups is 1. The lowest BCUT2D eigenvalue weighted by atomic mass is 10.3. The van der Waals surface area contributed by atoms with E-state index in [9.17, 15) is 0 Å². The number of aliphatic imine (C=N–C) groups is 1. The zero-order valence-corrected chi connectivity index (χ0v) is 14.1. The Kier molecular flexibility index (Phi) is 7.75. The Bertz CT molecular complexity index is 529. The van der Waals surface area contributed by atoms with Gasteiger partial charge in [-0.1, -0.05) is 5.21 Å². The average molecular weight is 336 g/mol. The van der Waals surface area contributed by atoms with E-state index in [2.05, 4.69) is 30.2 Å². The number of hydrogen-bond acceptors (Lipinski definition) is 9. The van der Waals surface area contributed by atoms with Crippen molar-refractivity contribution < 1.29 is 0 Å². The van der Waals surface area contributed by atoms with Crippen LogP contribution in [0.2, 0.25) is 0 Å². The van der Waals surface area contributed by atoms with Crippen LogP contribution in [0.3, 0.4) is 0 Å². The molecule has 0 aliphatic carbocycles. The Balaban J connectivity index is 1.61. The predicted octanol–water partition coefficient (Wildman–Crippen LogP) is -2.30. The fourth-order valence-electron chi connectivity index (χ4n) is 2.53. The monoisotopic (exact) mass is 336 g/mol. The van der Waals surface area contributed by atoms with Crippen LogP contribution in [0.4, 0.5) is 0 Å². The molecular weight excluding hydrogens is 308 g/mol. The van der Waals surface area contributed by atoms with Gasteiger partial charge in [-0.2, -0.15) is 5.10 Å². The van der Waals surface area contributed by atoms with Gasteiger partial charge >= 0.3 is 0 Å². The van der Waals surface area contributed by atoms with Gasteiger partial charge in [-0.05, 0) is 0 Å². The molecule has 1 saturated heterocycles. The summed E-state index contributed by atoms with van der Waals surface area (Å²) in [5.41, 5.74) is 12.5. The number of rotatable bonds is 9. The predicted molar refractivity (Wildman–Crippen MR) is 94.8 cm³/mol.